The number of nitrogens with zero attached hydrogens (tertiary/aromatic N) is 4. The number of benzene rings is 1. The summed E-state index contributed by atoms with van der Waals surface area (Å²) in [5.41, 5.74) is 0.148. The summed E-state index contributed by atoms with van der Waals surface area (Å²) in [6.07, 6.45) is 2.34. The Morgan fingerprint density at radius 3 is 2.57 bits per heavy atom. The minimum atomic E-state index is -3.41. The predicted molar refractivity (Wildman–Crippen MR) is 103 cm³/mol. The number of carbonyl (C=O) groups excluding carboxylic acids is 1. The van der Waals surface area contributed by atoms with Gasteiger partial charge in [0.2, 0.25) is 15.9 Å². The van der Waals surface area contributed by atoms with Crippen LogP contribution in [0.2, 0.25) is 0 Å². The van der Waals surface area contributed by atoms with Crippen LogP contribution in [0.1, 0.15) is 12.8 Å². The van der Waals surface area contributed by atoms with Crippen LogP contribution < -0.4 is 4.90 Å². The topological polar surface area (TPSA) is 73.8 Å². The molecule has 0 spiro atoms. The molecule has 1 atom stereocenters. The summed E-state index contributed by atoms with van der Waals surface area (Å²) in [6.45, 7) is 2.24. The van der Waals surface area contributed by atoms with Gasteiger partial charge < -0.3 is 9.80 Å². The summed E-state index contributed by atoms with van der Waals surface area (Å²) in [5.74, 6) is -1.49. The number of aromatic nitrogens is 1. The van der Waals surface area contributed by atoms with E-state index in [0.717, 1.165) is 12.3 Å². The minimum Gasteiger partial charge on any atom is -0.345 e. The van der Waals surface area contributed by atoms with Gasteiger partial charge in [-0.1, -0.05) is 11.3 Å². The van der Waals surface area contributed by atoms with Crippen molar-refractivity contribution in [1.82, 2.24) is 14.2 Å². The van der Waals surface area contributed by atoms with E-state index in [1.807, 2.05) is 4.90 Å². The third-order valence-electron chi connectivity index (χ3n) is 5.18. The summed E-state index contributed by atoms with van der Waals surface area (Å²) in [5, 5.41) is 0.588. The van der Waals surface area contributed by atoms with Crippen LogP contribution in [-0.2, 0) is 14.8 Å². The van der Waals surface area contributed by atoms with E-state index in [-0.39, 0.29) is 11.4 Å². The van der Waals surface area contributed by atoms with Crippen molar-refractivity contribution < 1.29 is 22.0 Å². The van der Waals surface area contributed by atoms with Crippen molar-refractivity contribution >= 4 is 42.6 Å². The maximum Gasteiger partial charge on any atom is 0.241 e. The Hall–Kier alpha value is -1.85. The fraction of sp³-hybridized carbons (Fsp3) is 0.529. The average molecular weight is 431 g/mol. The lowest BCUT2D eigenvalue weighted by molar-refractivity contribution is -0.134. The molecule has 2 aliphatic rings. The van der Waals surface area contributed by atoms with E-state index < -0.39 is 27.7 Å². The van der Waals surface area contributed by atoms with E-state index >= 15 is 0 Å². The zero-order valence-electron chi connectivity index (χ0n) is 15.3. The number of rotatable bonds is 3. The highest BCUT2D eigenvalue weighted by molar-refractivity contribution is 7.88. The minimum absolute atomic E-state index is 0.148. The standard InChI is InChI=1S/C17H20F2N4O3S2/c1-28(25,26)23-4-2-3-13(23)16(24)21-5-7-22(8-6-21)17-20-15-12(19)9-11(18)10-14(15)27-17/h9-10,13H,2-8H2,1H3. The molecule has 0 saturated carbocycles. The van der Waals surface area contributed by atoms with E-state index in [0.29, 0.717) is 55.4 Å². The number of piperazine rings is 1. The van der Waals surface area contributed by atoms with Gasteiger partial charge in [0.1, 0.15) is 17.4 Å². The van der Waals surface area contributed by atoms with Gasteiger partial charge in [-0.05, 0) is 18.9 Å². The van der Waals surface area contributed by atoms with Gasteiger partial charge in [-0.2, -0.15) is 4.31 Å². The Balaban J connectivity index is 1.45. The molecular formula is C17H20F2N4O3S2. The number of hydrogen-bond donors (Lipinski definition) is 0. The molecule has 0 bridgehead atoms. The maximum atomic E-state index is 13.9. The first-order valence-corrected chi connectivity index (χ1v) is 11.7. The molecule has 152 valence electrons. The predicted octanol–water partition coefficient (Wildman–Crippen LogP) is 1.65. The number of sulfonamides is 1. The first-order valence-electron chi connectivity index (χ1n) is 9.00. The van der Waals surface area contributed by atoms with Gasteiger partial charge in [0.05, 0.1) is 11.0 Å². The highest BCUT2D eigenvalue weighted by atomic mass is 32.2. The van der Waals surface area contributed by atoms with Crippen LogP contribution in [-0.4, -0.2) is 73.5 Å². The molecule has 2 aliphatic heterocycles. The normalized spacial score (nSPS) is 21.6. The number of thiazole rings is 1. The summed E-state index contributed by atoms with van der Waals surface area (Å²) >= 11 is 1.21. The summed E-state index contributed by atoms with van der Waals surface area (Å²) in [6, 6.07) is 1.46. The molecule has 2 fully saturated rings. The molecule has 2 saturated heterocycles. The highest BCUT2D eigenvalue weighted by Gasteiger charge is 2.39. The van der Waals surface area contributed by atoms with E-state index in [1.54, 1.807) is 4.90 Å². The van der Waals surface area contributed by atoms with Gasteiger partial charge in [0.25, 0.3) is 0 Å². The Bertz CT molecular complexity index is 1020. The Kier molecular flexibility index (Phi) is 5.00. The van der Waals surface area contributed by atoms with Gasteiger partial charge >= 0.3 is 0 Å². The molecule has 11 heteroatoms. The van der Waals surface area contributed by atoms with Crippen LogP contribution in [0, 0.1) is 11.6 Å². The smallest absolute Gasteiger partial charge is 0.241 e. The first-order chi connectivity index (χ1) is 13.2. The van der Waals surface area contributed by atoms with Crippen LogP contribution >= 0.6 is 11.3 Å². The van der Waals surface area contributed by atoms with E-state index in [9.17, 15) is 22.0 Å². The summed E-state index contributed by atoms with van der Waals surface area (Å²) in [7, 11) is -3.41. The number of carbonyl (C=O) groups is 1. The van der Waals surface area contributed by atoms with Crippen molar-refractivity contribution in [1.29, 1.82) is 0 Å². The van der Waals surface area contributed by atoms with Gasteiger partial charge in [-0.3, -0.25) is 4.79 Å². The molecule has 0 aliphatic carbocycles. The number of hydrogen-bond acceptors (Lipinski definition) is 6. The third kappa shape index (κ3) is 3.58. The zero-order valence-corrected chi connectivity index (χ0v) is 16.9. The molecular weight excluding hydrogens is 410 g/mol. The number of anilines is 1. The lowest BCUT2D eigenvalue weighted by atomic mass is 10.2. The maximum absolute atomic E-state index is 13.9. The second-order valence-electron chi connectivity index (χ2n) is 7.07. The Morgan fingerprint density at radius 2 is 1.89 bits per heavy atom. The second kappa shape index (κ2) is 7.20. The fourth-order valence-corrected chi connectivity index (χ4v) is 5.97. The molecule has 1 amide bonds. The SMILES string of the molecule is CS(=O)(=O)N1CCCC1C(=O)N1CCN(c2nc3c(F)cc(F)cc3s2)CC1. The number of halogens is 2. The van der Waals surface area contributed by atoms with Crippen molar-refractivity contribution in [3.63, 3.8) is 0 Å². The Morgan fingerprint density at radius 1 is 1.18 bits per heavy atom. The second-order valence-corrected chi connectivity index (χ2v) is 10.0. The summed E-state index contributed by atoms with van der Waals surface area (Å²) in [4.78, 5) is 20.7. The molecule has 4 rings (SSSR count). The molecule has 1 unspecified atom stereocenters. The monoisotopic (exact) mass is 430 g/mol. The van der Waals surface area contributed by atoms with E-state index in [1.165, 1.54) is 21.7 Å². The third-order valence-corrected chi connectivity index (χ3v) is 7.53. The van der Waals surface area contributed by atoms with Gasteiger partial charge in [0, 0.05) is 38.8 Å². The lowest BCUT2D eigenvalue weighted by Crippen LogP contribution is -2.54. The van der Waals surface area contributed by atoms with Crippen molar-refractivity contribution in [2.45, 2.75) is 18.9 Å². The van der Waals surface area contributed by atoms with Crippen molar-refractivity contribution in [2.24, 2.45) is 0 Å². The van der Waals surface area contributed by atoms with Crippen LogP contribution in [0.3, 0.4) is 0 Å². The quantitative estimate of drug-likeness (QED) is 0.740. The van der Waals surface area contributed by atoms with Gasteiger partial charge in [0.15, 0.2) is 10.9 Å². The first kappa shape index (κ1) is 19.5. The van der Waals surface area contributed by atoms with Crippen molar-refractivity contribution in [3.05, 3.63) is 23.8 Å². The molecule has 0 N–H and O–H groups in total. The molecule has 1 aromatic heterocycles. The van der Waals surface area contributed by atoms with Crippen LogP contribution in [0.4, 0.5) is 13.9 Å². The van der Waals surface area contributed by atoms with Crippen LogP contribution in [0.5, 0.6) is 0 Å². The number of fused-ring (bicyclic) bond motifs is 1. The van der Waals surface area contributed by atoms with Crippen LogP contribution in [0.15, 0.2) is 12.1 Å². The molecule has 3 heterocycles. The fourth-order valence-electron chi connectivity index (χ4n) is 3.79. The zero-order chi connectivity index (χ0) is 20.1. The van der Waals surface area contributed by atoms with E-state index in [4.69, 9.17) is 0 Å². The molecule has 1 aromatic carbocycles. The average Bonchev–Trinajstić information content (AvgIpc) is 3.28. The summed E-state index contributed by atoms with van der Waals surface area (Å²) < 4.78 is 52.8. The molecule has 0 radical (unpaired) electrons. The van der Waals surface area contributed by atoms with Gasteiger partial charge in [-0.15, -0.1) is 0 Å². The van der Waals surface area contributed by atoms with Gasteiger partial charge in [-0.25, -0.2) is 22.2 Å². The molecule has 2 aromatic rings. The lowest BCUT2D eigenvalue weighted by Gasteiger charge is -2.36. The highest BCUT2D eigenvalue weighted by Crippen LogP contribution is 2.32. The van der Waals surface area contributed by atoms with Crippen molar-refractivity contribution in [2.75, 3.05) is 43.9 Å². The van der Waals surface area contributed by atoms with Crippen molar-refractivity contribution in [3.8, 4) is 0 Å². The molecule has 7 nitrogen and oxygen atoms in total. The molecule has 28 heavy (non-hydrogen) atoms. The van der Waals surface area contributed by atoms with Crippen LogP contribution in [0.25, 0.3) is 10.2 Å². The largest absolute Gasteiger partial charge is 0.345 e. The Labute approximate surface area is 165 Å². The number of amides is 1. The van der Waals surface area contributed by atoms with E-state index in [2.05, 4.69) is 4.98 Å².